The molecular formula is C13H22N2O. The maximum Gasteiger partial charge on any atom is 0.0932 e. The molecule has 1 aliphatic rings. The highest BCUT2D eigenvalue weighted by molar-refractivity contribution is 5.19. The second-order valence-corrected chi connectivity index (χ2v) is 5.44. The van der Waals surface area contributed by atoms with Crippen LogP contribution in [0.5, 0.6) is 0 Å². The summed E-state index contributed by atoms with van der Waals surface area (Å²) in [5.41, 5.74) is 0.402. The zero-order valence-electron chi connectivity index (χ0n) is 10.5. The van der Waals surface area contributed by atoms with Crippen molar-refractivity contribution >= 4 is 0 Å². The maximum absolute atomic E-state index is 10.4. The lowest BCUT2D eigenvalue weighted by atomic mass is 9.64. The first-order chi connectivity index (χ1) is 7.55. The zero-order valence-corrected chi connectivity index (χ0v) is 10.5. The van der Waals surface area contributed by atoms with Gasteiger partial charge in [0.1, 0.15) is 0 Å². The van der Waals surface area contributed by atoms with Crippen LogP contribution in [0.2, 0.25) is 0 Å². The average molecular weight is 222 g/mol. The molecule has 1 heterocycles. The number of rotatable bonds is 4. The van der Waals surface area contributed by atoms with Crippen LogP contribution in [0.1, 0.15) is 45.6 Å². The van der Waals surface area contributed by atoms with Crippen LogP contribution in [0.3, 0.4) is 0 Å². The smallest absolute Gasteiger partial charge is 0.0932 e. The van der Waals surface area contributed by atoms with Crippen molar-refractivity contribution in [3.05, 3.63) is 18.0 Å². The van der Waals surface area contributed by atoms with E-state index in [1.165, 1.54) is 0 Å². The molecule has 90 valence electrons. The van der Waals surface area contributed by atoms with Crippen molar-refractivity contribution in [3.63, 3.8) is 0 Å². The molecule has 16 heavy (non-hydrogen) atoms. The summed E-state index contributed by atoms with van der Waals surface area (Å²) in [6.45, 7) is 7.52. The molecule has 0 aromatic carbocycles. The molecule has 0 aliphatic heterocycles. The van der Waals surface area contributed by atoms with Crippen molar-refractivity contribution in [3.8, 4) is 0 Å². The van der Waals surface area contributed by atoms with Crippen LogP contribution >= 0.6 is 0 Å². The summed E-state index contributed by atoms with van der Waals surface area (Å²) >= 11 is 0. The zero-order chi connectivity index (χ0) is 11.8. The van der Waals surface area contributed by atoms with Gasteiger partial charge in [0.2, 0.25) is 0 Å². The molecule has 1 aromatic rings. The molecule has 0 spiro atoms. The predicted molar refractivity (Wildman–Crippen MR) is 64.0 cm³/mol. The fraction of sp³-hybridized carbons (Fsp3) is 0.769. The van der Waals surface area contributed by atoms with E-state index < -0.39 is 5.60 Å². The van der Waals surface area contributed by atoms with Gasteiger partial charge in [0.05, 0.1) is 11.8 Å². The Hall–Kier alpha value is -0.830. The van der Waals surface area contributed by atoms with Gasteiger partial charge in [-0.05, 0) is 31.1 Å². The third kappa shape index (κ3) is 2.01. The van der Waals surface area contributed by atoms with E-state index in [-0.39, 0.29) is 0 Å². The second kappa shape index (κ2) is 4.21. The standard InChI is InChI=1S/C13H22N2O/c1-4-5-15-9-12(8-14-15)13(16)6-11(7-13)10(2)3/h8-11,16H,4-7H2,1-3H3. The molecule has 1 aromatic heterocycles. The summed E-state index contributed by atoms with van der Waals surface area (Å²) < 4.78 is 1.93. The lowest BCUT2D eigenvalue weighted by Gasteiger charge is -2.45. The van der Waals surface area contributed by atoms with Crippen molar-refractivity contribution in [1.29, 1.82) is 0 Å². The Balaban J connectivity index is 2.02. The first-order valence-electron chi connectivity index (χ1n) is 6.30. The minimum Gasteiger partial charge on any atom is -0.385 e. The Bertz CT molecular complexity index is 351. The summed E-state index contributed by atoms with van der Waals surface area (Å²) in [5.74, 6) is 1.34. The molecule has 0 bridgehead atoms. The van der Waals surface area contributed by atoms with Gasteiger partial charge in [0, 0.05) is 18.3 Å². The topological polar surface area (TPSA) is 38.0 Å². The van der Waals surface area contributed by atoms with Gasteiger partial charge in [-0.25, -0.2) is 0 Å². The van der Waals surface area contributed by atoms with Gasteiger partial charge in [-0.2, -0.15) is 5.10 Å². The van der Waals surface area contributed by atoms with E-state index in [4.69, 9.17) is 0 Å². The molecule has 1 saturated carbocycles. The molecule has 1 fully saturated rings. The Kier molecular flexibility index (Phi) is 3.06. The largest absolute Gasteiger partial charge is 0.385 e. The second-order valence-electron chi connectivity index (χ2n) is 5.44. The van der Waals surface area contributed by atoms with E-state index in [1.54, 1.807) is 0 Å². The highest BCUT2D eigenvalue weighted by atomic mass is 16.3. The number of aliphatic hydroxyl groups is 1. The summed E-state index contributed by atoms with van der Waals surface area (Å²) in [5, 5.41) is 14.7. The summed E-state index contributed by atoms with van der Waals surface area (Å²) in [4.78, 5) is 0. The lowest BCUT2D eigenvalue weighted by molar-refractivity contribution is -0.0934. The van der Waals surface area contributed by atoms with E-state index in [9.17, 15) is 5.11 Å². The first-order valence-corrected chi connectivity index (χ1v) is 6.30. The van der Waals surface area contributed by atoms with Gasteiger partial charge >= 0.3 is 0 Å². The molecule has 2 rings (SSSR count). The van der Waals surface area contributed by atoms with Crippen LogP contribution in [-0.4, -0.2) is 14.9 Å². The van der Waals surface area contributed by atoms with Crippen molar-refractivity contribution in [2.45, 2.75) is 52.2 Å². The quantitative estimate of drug-likeness (QED) is 0.850. The Labute approximate surface area is 97.5 Å². The fourth-order valence-electron chi connectivity index (χ4n) is 2.47. The summed E-state index contributed by atoms with van der Waals surface area (Å²) in [6.07, 6.45) is 6.69. The van der Waals surface area contributed by atoms with Crippen LogP contribution in [-0.2, 0) is 12.1 Å². The molecule has 1 N–H and O–H groups in total. The third-order valence-corrected chi connectivity index (χ3v) is 3.77. The van der Waals surface area contributed by atoms with Crippen molar-refractivity contribution in [2.75, 3.05) is 0 Å². The Morgan fingerprint density at radius 2 is 2.25 bits per heavy atom. The maximum atomic E-state index is 10.4. The Morgan fingerprint density at radius 3 is 2.81 bits per heavy atom. The minimum atomic E-state index is -0.596. The van der Waals surface area contributed by atoms with E-state index in [0.29, 0.717) is 11.8 Å². The van der Waals surface area contributed by atoms with E-state index in [2.05, 4.69) is 25.9 Å². The molecule has 1 aliphatic carbocycles. The molecule has 0 atom stereocenters. The van der Waals surface area contributed by atoms with Crippen LogP contribution in [0.15, 0.2) is 12.4 Å². The van der Waals surface area contributed by atoms with Gasteiger partial charge in [0.15, 0.2) is 0 Å². The lowest BCUT2D eigenvalue weighted by Crippen LogP contribution is -2.42. The van der Waals surface area contributed by atoms with Gasteiger partial charge in [0.25, 0.3) is 0 Å². The predicted octanol–water partition coefficient (Wildman–Crippen LogP) is 2.55. The third-order valence-electron chi connectivity index (χ3n) is 3.77. The molecular weight excluding hydrogens is 200 g/mol. The summed E-state index contributed by atoms with van der Waals surface area (Å²) in [6, 6.07) is 0. The molecule has 3 heteroatoms. The minimum absolute atomic E-state index is 0.596. The molecule has 0 radical (unpaired) electrons. The van der Waals surface area contributed by atoms with Crippen molar-refractivity contribution in [1.82, 2.24) is 9.78 Å². The normalized spacial score (nSPS) is 29.4. The van der Waals surface area contributed by atoms with Crippen LogP contribution in [0.25, 0.3) is 0 Å². The average Bonchev–Trinajstić information content (AvgIpc) is 2.62. The summed E-state index contributed by atoms with van der Waals surface area (Å²) in [7, 11) is 0. The van der Waals surface area contributed by atoms with Crippen LogP contribution in [0.4, 0.5) is 0 Å². The molecule has 0 amide bonds. The van der Waals surface area contributed by atoms with Gasteiger partial charge in [-0.15, -0.1) is 0 Å². The molecule has 3 nitrogen and oxygen atoms in total. The number of aromatic nitrogens is 2. The van der Waals surface area contributed by atoms with E-state index in [1.807, 2.05) is 17.1 Å². The van der Waals surface area contributed by atoms with E-state index >= 15 is 0 Å². The number of aryl methyl sites for hydroxylation is 1. The fourth-order valence-corrected chi connectivity index (χ4v) is 2.47. The van der Waals surface area contributed by atoms with Gasteiger partial charge in [-0.1, -0.05) is 20.8 Å². The van der Waals surface area contributed by atoms with Crippen molar-refractivity contribution in [2.24, 2.45) is 11.8 Å². The highest BCUT2D eigenvalue weighted by Crippen LogP contribution is 2.48. The van der Waals surface area contributed by atoms with Crippen LogP contribution in [0, 0.1) is 11.8 Å². The monoisotopic (exact) mass is 222 g/mol. The van der Waals surface area contributed by atoms with Crippen LogP contribution < -0.4 is 0 Å². The molecule has 0 saturated heterocycles. The number of hydrogen-bond donors (Lipinski definition) is 1. The number of hydrogen-bond acceptors (Lipinski definition) is 2. The Morgan fingerprint density at radius 1 is 1.56 bits per heavy atom. The van der Waals surface area contributed by atoms with Gasteiger partial charge in [-0.3, -0.25) is 4.68 Å². The van der Waals surface area contributed by atoms with E-state index in [0.717, 1.165) is 31.4 Å². The SMILES string of the molecule is CCCn1cc(C2(O)CC(C(C)C)C2)cn1. The number of nitrogens with zero attached hydrogens (tertiary/aromatic N) is 2. The first kappa shape index (κ1) is 11.6. The van der Waals surface area contributed by atoms with Gasteiger partial charge < -0.3 is 5.11 Å². The highest BCUT2D eigenvalue weighted by Gasteiger charge is 2.45. The van der Waals surface area contributed by atoms with Crippen molar-refractivity contribution < 1.29 is 5.11 Å². The molecule has 0 unspecified atom stereocenters.